The predicted octanol–water partition coefficient (Wildman–Crippen LogP) is 2.18. The first-order valence-corrected chi connectivity index (χ1v) is 7.80. The lowest BCUT2D eigenvalue weighted by Crippen LogP contribution is -2.40. The van der Waals surface area contributed by atoms with Crippen LogP contribution in [0.25, 0.3) is 0 Å². The summed E-state index contributed by atoms with van der Waals surface area (Å²) in [6.07, 6.45) is 0.522. The SMILES string of the molecule is CCCN(CC(O)COc1ccccc1C(N)=S)C(C)C. The van der Waals surface area contributed by atoms with E-state index >= 15 is 0 Å². The number of aliphatic hydroxyl groups is 1. The highest BCUT2D eigenvalue weighted by atomic mass is 32.1. The van der Waals surface area contributed by atoms with Crippen molar-refractivity contribution in [2.45, 2.75) is 39.3 Å². The summed E-state index contributed by atoms with van der Waals surface area (Å²) < 4.78 is 5.67. The molecule has 0 saturated carbocycles. The van der Waals surface area contributed by atoms with E-state index in [2.05, 4.69) is 25.7 Å². The van der Waals surface area contributed by atoms with Crippen molar-refractivity contribution in [3.63, 3.8) is 0 Å². The van der Waals surface area contributed by atoms with Crippen LogP contribution in [0.5, 0.6) is 5.75 Å². The molecule has 1 rings (SSSR count). The van der Waals surface area contributed by atoms with E-state index < -0.39 is 6.10 Å². The van der Waals surface area contributed by atoms with Crippen LogP contribution in [0.2, 0.25) is 0 Å². The summed E-state index contributed by atoms with van der Waals surface area (Å²) in [5.74, 6) is 0.621. The van der Waals surface area contributed by atoms with E-state index in [1.807, 2.05) is 24.3 Å². The maximum atomic E-state index is 10.2. The van der Waals surface area contributed by atoms with Gasteiger partial charge in [0.15, 0.2) is 0 Å². The van der Waals surface area contributed by atoms with Gasteiger partial charge in [0.1, 0.15) is 23.4 Å². The molecular formula is C16H26N2O2S. The van der Waals surface area contributed by atoms with Gasteiger partial charge in [-0.3, -0.25) is 4.90 Å². The molecule has 0 fully saturated rings. The summed E-state index contributed by atoms with van der Waals surface area (Å²) in [5.41, 5.74) is 6.36. The van der Waals surface area contributed by atoms with E-state index in [0.29, 0.717) is 28.9 Å². The molecule has 3 N–H and O–H groups in total. The fourth-order valence-electron chi connectivity index (χ4n) is 2.15. The van der Waals surface area contributed by atoms with Gasteiger partial charge in [-0.1, -0.05) is 31.3 Å². The molecule has 1 atom stereocenters. The average molecular weight is 310 g/mol. The van der Waals surface area contributed by atoms with E-state index in [9.17, 15) is 5.11 Å². The number of para-hydroxylation sites is 1. The van der Waals surface area contributed by atoms with Crippen LogP contribution in [0.1, 0.15) is 32.8 Å². The van der Waals surface area contributed by atoms with Gasteiger partial charge >= 0.3 is 0 Å². The summed E-state index contributed by atoms with van der Waals surface area (Å²) in [6, 6.07) is 7.76. The predicted molar refractivity (Wildman–Crippen MR) is 90.8 cm³/mol. The van der Waals surface area contributed by atoms with Gasteiger partial charge in [-0.25, -0.2) is 0 Å². The molecule has 5 heteroatoms. The Hall–Kier alpha value is -1.17. The number of aliphatic hydroxyl groups excluding tert-OH is 1. The van der Waals surface area contributed by atoms with Crippen LogP contribution in [-0.2, 0) is 0 Å². The fourth-order valence-corrected chi connectivity index (χ4v) is 2.32. The molecule has 0 aliphatic rings. The minimum Gasteiger partial charge on any atom is -0.490 e. The maximum Gasteiger partial charge on any atom is 0.129 e. The van der Waals surface area contributed by atoms with E-state index in [1.165, 1.54) is 0 Å². The molecule has 0 radical (unpaired) electrons. The number of hydrogen-bond acceptors (Lipinski definition) is 4. The lowest BCUT2D eigenvalue weighted by Gasteiger charge is -2.28. The molecule has 0 aliphatic carbocycles. The Labute approximate surface area is 132 Å². The van der Waals surface area contributed by atoms with Crippen LogP contribution >= 0.6 is 12.2 Å². The molecule has 0 bridgehead atoms. The normalized spacial score (nSPS) is 12.7. The van der Waals surface area contributed by atoms with Gasteiger partial charge in [-0.2, -0.15) is 0 Å². The molecule has 4 nitrogen and oxygen atoms in total. The van der Waals surface area contributed by atoms with Crippen molar-refractivity contribution in [2.24, 2.45) is 5.73 Å². The highest BCUT2D eigenvalue weighted by Gasteiger charge is 2.15. The van der Waals surface area contributed by atoms with E-state index in [1.54, 1.807) is 0 Å². The Morgan fingerprint density at radius 1 is 1.38 bits per heavy atom. The zero-order valence-electron chi connectivity index (χ0n) is 13.1. The molecule has 118 valence electrons. The molecule has 0 aromatic heterocycles. The van der Waals surface area contributed by atoms with Crippen LogP contribution in [0.3, 0.4) is 0 Å². The zero-order valence-corrected chi connectivity index (χ0v) is 13.9. The topological polar surface area (TPSA) is 58.7 Å². The Kier molecular flexibility index (Phi) is 7.64. The summed E-state index contributed by atoms with van der Waals surface area (Å²) in [7, 11) is 0. The third-order valence-corrected chi connectivity index (χ3v) is 3.49. The highest BCUT2D eigenvalue weighted by Crippen LogP contribution is 2.18. The van der Waals surface area contributed by atoms with Gasteiger partial charge in [0.25, 0.3) is 0 Å². The second-order valence-electron chi connectivity index (χ2n) is 5.41. The third kappa shape index (κ3) is 5.99. The largest absolute Gasteiger partial charge is 0.490 e. The van der Waals surface area contributed by atoms with Gasteiger partial charge in [0.05, 0.1) is 5.56 Å². The number of ether oxygens (including phenoxy) is 1. The van der Waals surface area contributed by atoms with Gasteiger partial charge in [0, 0.05) is 12.6 Å². The number of rotatable bonds is 9. The Morgan fingerprint density at radius 2 is 2.05 bits per heavy atom. The molecule has 0 heterocycles. The van der Waals surface area contributed by atoms with Crippen molar-refractivity contribution in [1.82, 2.24) is 4.90 Å². The van der Waals surface area contributed by atoms with Crippen molar-refractivity contribution in [1.29, 1.82) is 0 Å². The van der Waals surface area contributed by atoms with Crippen molar-refractivity contribution < 1.29 is 9.84 Å². The molecule has 0 aliphatic heterocycles. The monoisotopic (exact) mass is 310 g/mol. The molecule has 1 aromatic rings. The molecule has 0 spiro atoms. The van der Waals surface area contributed by atoms with Gasteiger partial charge < -0.3 is 15.6 Å². The number of nitrogens with zero attached hydrogens (tertiary/aromatic N) is 1. The number of benzene rings is 1. The van der Waals surface area contributed by atoms with E-state index in [-0.39, 0.29) is 6.61 Å². The second-order valence-corrected chi connectivity index (χ2v) is 5.85. The molecule has 21 heavy (non-hydrogen) atoms. The van der Waals surface area contributed by atoms with Crippen molar-refractivity contribution in [2.75, 3.05) is 19.7 Å². The molecule has 1 unspecified atom stereocenters. The standard InChI is InChI=1S/C16H26N2O2S/c1-4-9-18(12(2)3)10-13(19)11-20-15-8-6-5-7-14(15)16(17)21/h5-8,12-13,19H,4,9-11H2,1-3H3,(H2,17,21). The van der Waals surface area contributed by atoms with Gasteiger partial charge in [-0.15, -0.1) is 0 Å². The minimum atomic E-state index is -0.543. The molecule has 0 amide bonds. The number of nitrogens with two attached hydrogens (primary N) is 1. The first kappa shape index (κ1) is 17.9. The Bertz CT molecular complexity index is 452. The van der Waals surface area contributed by atoms with Crippen LogP contribution < -0.4 is 10.5 Å². The summed E-state index contributed by atoms with van der Waals surface area (Å²) in [6.45, 7) is 8.19. The zero-order chi connectivity index (χ0) is 15.8. The average Bonchev–Trinajstić information content (AvgIpc) is 2.44. The summed E-state index contributed by atoms with van der Waals surface area (Å²) in [4.78, 5) is 2.54. The number of hydrogen-bond donors (Lipinski definition) is 2. The smallest absolute Gasteiger partial charge is 0.129 e. The molecule has 0 saturated heterocycles. The summed E-state index contributed by atoms with van der Waals surface area (Å²) >= 11 is 5.00. The van der Waals surface area contributed by atoms with Crippen molar-refractivity contribution in [3.05, 3.63) is 29.8 Å². The molecular weight excluding hydrogens is 284 g/mol. The lowest BCUT2D eigenvalue weighted by molar-refractivity contribution is 0.0575. The number of thiocarbonyl (C=S) groups is 1. The van der Waals surface area contributed by atoms with E-state index in [4.69, 9.17) is 22.7 Å². The first-order chi connectivity index (χ1) is 9.95. The van der Waals surface area contributed by atoms with Crippen LogP contribution in [0.4, 0.5) is 0 Å². The summed E-state index contributed by atoms with van der Waals surface area (Å²) in [5, 5.41) is 10.2. The fraction of sp³-hybridized carbons (Fsp3) is 0.562. The third-order valence-electron chi connectivity index (χ3n) is 3.27. The van der Waals surface area contributed by atoms with Gasteiger partial charge in [0.2, 0.25) is 0 Å². The van der Waals surface area contributed by atoms with Crippen LogP contribution in [0.15, 0.2) is 24.3 Å². The quantitative estimate of drug-likeness (QED) is 0.685. The highest BCUT2D eigenvalue weighted by molar-refractivity contribution is 7.80. The van der Waals surface area contributed by atoms with Crippen LogP contribution in [0, 0.1) is 0 Å². The Balaban J connectivity index is 2.56. The van der Waals surface area contributed by atoms with Crippen molar-refractivity contribution >= 4 is 17.2 Å². The Morgan fingerprint density at radius 3 is 2.62 bits per heavy atom. The van der Waals surface area contributed by atoms with E-state index in [0.717, 1.165) is 13.0 Å². The molecule has 1 aromatic carbocycles. The second kappa shape index (κ2) is 8.97. The van der Waals surface area contributed by atoms with Crippen LogP contribution in [-0.4, -0.2) is 46.8 Å². The van der Waals surface area contributed by atoms with Gasteiger partial charge in [-0.05, 0) is 38.9 Å². The van der Waals surface area contributed by atoms with Crippen molar-refractivity contribution in [3.8, 4) is 5.75 Å². The maximum absolute atomic E-state index is 10.2. The lowest BCUT2D eigenvalue weighted by atomic mass is 10.2. The minimum absolute atomic E-state index is 0.229. The first-order valence-electron chi connectivity index (χ1n) is 7.39.